The van der Waals surface area contributed by atoms with Gasteiger partial charge in [0.15, 0.2) is 0 Å². The SMILES string of the molecule is [2H]c1nc(CC)cs1. The first kappa shape index (κ1) is 3.61. The Balaban J connectivity index is 2.84. The molecular weight excluding hydrogens is 106 g/mol. The van der Waals surface area contributed by atoms with Crippen molar-refractivity contribution >= 4 is 11.3 Å². The molecule has 2 heteroatoms. The summed E-state index contributed by atoms with van der Waals surface area (Å²) in [5.41, 5.74) is 1.45. The number of hydrogen-bond donors (Lipinski definition) is 0. The normalized spacial score (nSPS) is 11.3. The van der Waals surface area contributed by atoms with Crippen LogP contribution in [0, 0.1) is 0 Å². The lowest BCUT2D eigenvalue weighted by Gasteiger charge is -1.77. The van der Waals surface area contributed by atoms with E-state index in [4.69, 9.17) is 1.37 Å². The lowest BCUT2D eigenvalue weighted by molar-refractivity contribution is 1.06. The van der Waals surface area contributed by atoms with Crippen molar-refractivity contribution in [3.05, 3.63) is 16.6 Å². The Morgan fingerprint density at radius 3 is 3.29 bits per heavy atom. The molecular formula is C5H7NS. The monoisotopic (exact) mass is 114 g/mol. The van der Waals surface area contributed by atoms with Crippen LogP contribution in [-0.4, -0.2) is 4.98 Å². The number of nitrogens with zero attached hydrogens (tertiary/aromatic N) is 1. The minimum Gasteiger partial charge on any atom is -0.250 e. The van der Waals surface area contributed by atoms with Crippen LogP contribution < -0.4 is 0 Å². The van der Waals surface area contributed by atoms with Crippen LogP contribution in [0.2, 0.25) is 0 Å². The van der Waals surface area contributed by atoms with E-state index in [-0.39, 0.29) is 0 Å². The third-order valence-corrected chi connectivity index (χ3v) is 1.39. The van der Waals surface area contributed by atoms with Crippen molar-refractivity contribution in [1.82, 2.24) is 4.98 Å². The molecule has 1 heterocycles. The summed E-state index contributed by atoms with van der Waals surface area (Å²) in [6.45, 7) is 2.04. The van der Waals surface area contributed by atoms with Crippen molar-refractivity contribution in [2.75, 3.05) is 0 Å². The van der Waals surface area contributed by atoms with Gasteiger partial charge in [-0.25, -0.2) is 4.98 Å². The maximum absolute atomic E-state index is 7.03. The minimum absolute atomic E-state index is 0.418. The van der Waals surface area contributed by atoms with Gasteiger partial charge in [0, 0.05) is 5.38 Å². The van der Waals surface area contributed by atoms with Crippen LogP contribution in [0.25, 0.3) is 0 Å². The summed E-state index contributed by atoms with van der Waals surface area (Å²) in [4.78, 5) is 3.91. The second-order valence-electron chi connectivity index (χ2n) is 1.28. The van der Waals surface area contributed by atoms with E-state index in [1.807, 2.05) is 12.3 Å². The molecule has 0 spiro atoms. The molecule has 0 aliphatic heterocycles. The van der Waals surface area contributed by atoms with E-state index in [0.717, 1.165) is 12.1 Å². The second kappa shape index (κ2) is 2.07. The van der Waals surface area contributed by atoms with E-state index in [1.165, 1.54) is 11.3 Å². The van der Waals surface area contributed by atoms with Crippen LogP contribution in [0.3, 0.4) is 0 Å². The first-order valence-corrected chi connectivity index (χ1v) is 3.12. The van der Waals surface area contributed by atoms with Gasteiger partial charge < -0.3 is 0 Å². The quantitative estimate of drug-likeness (QED) is 0.541. The van der Waals surface area contributed by atoms with Crippen LogP contribution in [0.1, 0.15) is 14.0 Å². The molecule has 1 aromatic heterocycles. The van der Waals surface area contributed by atoms with Gasteiger partial charge in [-0.1, -0.05) is 6.92 Å². The average Bonchev–Trinajstić information content (AvgIpc) is 2.14. The molecule has 0 amide bonds. The first-order valence-electron chi connectivity index (χ1n) is 2.74. The third kappa shape index (κ3) is 0.996. The Labute approximate surface area is 48.4 Å². The van der Waals surface area contributed by atoms with E-state index in [9.17, 15) is 0 Å². The molecule has 0 bridgehead atoms. The first-order chi connectivity index (χ1) is 3.83. The molecule has 0 atom stereocenters. The fourth-order valence-electron chi connectivity index (χ4n) is 0.368. The van der Waals surface area contributed by atoms with Crippen LogP contribution >= 0.6 is 11.3 Å². The van der Waals surface area contributed by atoms with Crippen molar-refractivity contribution in [3.8, 4) is 0 Å². The summed E-state index contributed by atoms with van der Waals surface area (Å²) in [5, 5.41) is 1.92. The molecule has 0 fully saturated rings. The summed E-state index contributed by atoms with van der Waals surface area (Å²) < 4.78 is 7.03. The highest BCUT2D eigenvalue weighted by Crippen LogP contribution is 1.99. The van der Waals surface area contributed by atoms with Gasteiger partial charge in [-0.2, -0.15) is 0 Å². The molecule has 0 radical (unpaired) electrons. The van der Waals surface area contributed by atoms with Gasteiger partial charge >= 0.3 is 0 Å². The molecule has 1 rings (SSSR count). The predicted molar refractivity (Wildman–Crippen MR) is 31.5 cm³/mol. The standard InChI is InChI=1S/C5H7NS/c1-2-5-3-7-4-6-5/h3-4H,2H2,1H3/i4D. The lowest BCUT2D eigenvalue weighted by Crippen LogP contribution is -1.73. The van der Waals surface area contributed by atoms with Crippen LogP contribution in [0.4, 0.5) is 0 Å². The van der Waals surface area contributed by atoms with Gasteiger partial charge in [-0.05, 0) is 6.42 Å². The molecule has 1 nitrogen and oxygen atoms in total. The number of hydrogen-bond acceptors (Lipinski definition) is 2. The third-order valence-electron chi connectivity index (χ3n) is 0.799. The zero-order valence-corrected chi connectivity index (χ0v) is 4.96. The van der Waals surface area contributed by atoms with Gasteiger partial charge in [-0.3, -0.25) is 0 Å². The Kier molecular flexibility index (Phi) is 1.07. The Hall–Kier alpha value is -0.370. The number of aryl methyl sites for hydroxylation is 1. The zero-order valence-electron chi connectivity index (χ0n) is 5.14. The summed E-state index contributed by atoms with van der Waals surface area (Å²) >= 11 is 1.38. The van der Waals surface area contributed by atoms with Crippen molar-refractivity contribution in [3.63, 3.8) is 0 Å². The summed E-state index contributed by atoms with van der Waals surface area (Å²) in [5.74, 6) is 0. The summed E-state index contributed by atoms with van der Waals surface area (Å²) in [7, 11) is 0. The van der Waals surface area contributed by atoms with Crippen molar-refractivity contribution in [2.24, 2.45) is 0 Å². The van der Waals surface area contributed by atoms with Gasteiger partial charge in [0.2, 0.25) is 0 Å². The maximum atomic E-state index is 7.03. The van der Waals surface area contributed by atoms with E-state index >= 15 is 0 Å². The average molecular weight is 114 g/mol. The van der Waals surface area contributed by atoms with Crippen LogP contribution in [-0.2, 0) is 6.42 Å². The Bertz CT molecular complexity index is 173. The summed E-state index contributed by atoms with van der Waals surface area (Å²) in [6, 6.07) is 0. The predicted octanol–water partition coefficient (Wildman–Crippen LogP) is 1.71. The Morgan fingerprint density at radius 1 is 2.14 bits per heavy atom. The van der Waals surface area contributed by atoms with Crippen molar-refractivity contribution in [1.29, 1.82) is 0 Å². The highest BCUT2D eigenvalue weighted by Gasteiger charge is 1.84. The number of rotatable bonds is 1. The Morgan fingerprint density at radius 2 is 3.00 bits per heavy atom. The molecule has 0 aliphatic rings. The van der Waals surface area contributed by atoms with Gasteiger partial charge in [-0.15, -0.1) is 11.3 Å². The molecule has 0 saturated carbocycles. The highest BCUT2D eigenvalue weighted by atomic mass is 32.1. The van der Waals surface area contributed by atoms with E-state index in [1.54, 1.807) is 0 Å². The fourth-order valence-corrected chi connectivity index (χ4v) is 0.946. The van der Waals surface area contributed by atoms with Crippen LogP contribution in [0.5, 0.6) is 0 Å². The maximum Gasteiger partial charge on any atom is 0.0960 e. The molecule has 0 N–H and O–H groups in total. The lowest BCUT2D eigenvalue weighted by atomic mass is 10.4. The van der Waals surface area contributed by atoms with Gasteiger partial charge in [0.1, 0.15) is 0 Å². The highest BCUT2D eigenvalue weighted by molar-refractivity contribution is 7.07. The molecule has 0 aliphatic carbocycles. The number of thiazole rings is 1. The second-order valence-corrected chi connectivity index (χ2v) is 1.94. The smallest absolute Gasteiger partial charge is 0.0960 e. The molecule has 1 aromatic rings. The zero-order chi connectivity index (χ0) is 5.98. The largest absolute Gasteiger partial charge is 0.250 e. The van der Waals surface area contributed by atoms with Gasteiger partial charge in [0.25, 0.3) is 0 Å². The van der Waals surface area contributed by atoms with Crippen LogP contribution in [0.15, 0.2) is 10.9 Å². The van der Waals surface area contributed by atoms with E-state index < -0.39 is 0 Å². The molecule has 0 aromatic carbocycles. The minimum atomic E-state index is 0.418. The number of aromatic nitrogens is 1. The molecule has 0 saturated heterocycles. The summed E-state index contributed by atoms with van der Waals surface area (Å²) in [6.07, 6.45) is 0.940. The van der Waals surface area contributed by atoms with E-state index in [0.29, 0.717) is 5.49 Å². The van der Waals surface area contributed by atoms with Crippen molar-refractivity contribution in [2.45, 2.75) is 13.3 Å². The van der Waals surface area contributed by atoms with Gasteiger partial charge in [0.05, 0.1) is 12.6 Å². The molecule has 7 heavy (non-hydrogen) atoms. The van der Waals surface area contributed by atoms with E-state index in [2.05, 4.69) is 4.98 Å². The topological polar surface area (TPSA) is 12.9 Å². The van der Waals surface area contributed by atoms with Crippen molar-refractivity contribution < 1.29 is 1.37 Å². The molecule has 0 unspecified atom stereocenters. The fraction of sp³-hybridized carbons (Fsp3) is 0.400. The molecule has 38 valence electrons.